The number of halogens is 3. The smallest absolute Gasteiger partial charge is 0.228 e. The predicted molar refractivity (Wildman–Crippen MR) is 64.6 cm³/mol. The van der Waals surface area contributed by atoms with E-state index in [4.69, 9.17) is 0 Å². The summed E-state index contributed by atoms with van der Waals surface area (Å²) in [5, 5.41) is 2.41. The molecule has 0 atom stereocenters. The van der Waals surface area contributed by atoms with E-state index in [1.54, 1.807) is 0 Å². The van der Waals surface area contributed by atoms with Crippen molar-refractivity contribution in [2.75, 3.05) is 5.32 Å². The van der Waals surface area contributed by atoms with Gasteiger partial charge < -0.3 is 5.32 Å². The van der Waals surface area contributed by atoms with Crippen LogP contribution in [0.2, 0.25) is 0 Å². The number of hydrogen-bond acceptors (Lipinski definition) is 1. The molecule has 17 heavy (non-hydrogen) atoms. The lowest BCUT2D eigenvalue weighted by Crippen LogP contribution is -2.21. The minimum absolute atomic E-state index is 0.0375. The molecule has 1 aromatic carbocycles. The minimum atomic E-state index is -0.655. The van der Waals surface area contributed by atoms with Crippen LogP contribution in [0.1, 0.15) is 12.8 Å². The Bertz CT molecular complexity index is 480. The maximum absolute atomic E-state index is 13.5. The van der Waals surface area contributed by atoms with Crippen LogP contribution in [0.3, 0.4) is 0 Å². The molecule has 0 fully saturated rings. The maximum atomic E-state index is 13.5. The molecule has 1 aliphatic rings. The van der Waals surface area contributed by atoms with Gasteiger partial charge in [-0.15, -0.1) is 0 Å². The van der Waals surface area contributed by atoms with E-state index in [1.807, 2.05) is 12.2 Å². The average Bonchev–Trinajstić information content (AvgIpc) is 2.79. The van der Waals surface area contributed by atoms with Crippen molar-refractivity contribution >= 4 is 27.5 Å². The van der Waals surface area contributed by atoms with Gasteiger partial charge in [-0.05, 0) is 34.8 Å². The zero-order valence-electron chi connectivity index (χ0n) is 8.84. The monoisotopic (exact) mass is 301 g/mol. The Hall–Kier alpha value is -1.23. The molecule has 1 aromatic rings. The zero-order chi connectivity index (χ0) is 12.4. The molecule has 0 bridgehead atoms. The van der Waals surface area contributed by atoms with Crippen LogP contribution < -0.4 is 5.32 Å². The summed E-state index contributed by atoms with van der Waals surface area (Å²) in [6.45, 7) is 0. The van der Waals surface area contributed by atoms with Crippen molar-refractivity contribution in [2.45, 2.75) is 12.8 Å². The molecule has 0 unspecified atom stereocenters. The Kier molecular flexibility index (Phi) is 3.57. The summed E-state index contributed by atoms with van der Waals surface area (Å²) in [5.41, 5.74) is -0.123. The second kappa shape index (κ2) is 4.96. The van der Waals surface area contributed by atoms with E-state index in [9.17, 15) is 13.6 Å². The van der Waals surface area contributed by atoms with Crippen LogP contribution in [0.5, 0.6) is 0 Å². The zero-order valence-corrected chi connectivity index (χ0v) is 10.4. The third kappa shape index (κ3) is 2.72. The first-order valence-corrected chi connectivity index (χ1v) is 5.97. The van der Waals surface area contributed by atoms with Crippen molar-refractivity contribution in [3.8, 4) is 0 Å². The third-order valence-electron chi connectivity index (χ3n) is 2.65. The molecule has 0 saturated heterocycles. The number of hydrogen-bond donors (Lipinski definition) is 1. The lowest BCUT2D eigenvalue weighted by atomic mass is 10.1. The first kappa shape index (κ1) is 12.2. The van der Waals surface area contributed by atoms with Gasteiger partial charge in [0.1, 0.15) is 11.6 Å². The summed E-state index contributed by atoms with van der Waals surface area (Å²) in [6, 6.07) is 1.97. The molecular formula is C12H10BrF2NO. The van der Waals surface area contributed by atoms with Gasteiger partial charge >= 0.3 is 0 Å². The van der Waals surface area contributed by atoms with Crippen LogP contribution in [-0.2, 0) is 4.79 Å². The molecule has 0 aromatic heterocycles. The summed E-state index contributed by atoms with van der Waals surface area (Å²) in [7, 11) is 0. The Balaban J connectivity index is 2.13. The standard InChI is InChI=1S/C12H10BrF2NO/c13-8-5-10(15)11(6-9(8)14)16-12(17)7-3-1-2-4-7/h1-2,5-7H,3-4H2,(H,16,17). The van der Waals surface area contributed by atoms with Gasteiger partial charge in [-0.25, -0.2) is 8.78 Å². The number of carbonyl (C=O) groups excluding carboxylic acids is 1. The van der Waals surface area contributed by atoms with Crippen molar-refractivity contribution in [3.05, 3.63) is 40.4 Å². The van der Waals surface area contributed by atoms with Crippen LogP contribution in [-0.4, -0.2) is 5.91 Å². The summed E-state index contributed by atoms with van der Waals surface area (Å²) >= 11 is 2.87. The normalized spacial score (nSPS) is 15.2. The van der Waals surface area contributed by atoms with Crippen LogP contribution in [0.25, 0.3) is 0 Å². The van der Waals surface area contributed by atoms with Crippen LogP contribution in [0.4, 0.5) is 14.5 Å². The minimum Gasteiger partial charge on any atom is -0.323 e. The summed E-state index contributed by atoms with van der Waals surface area (Å²) in [4.78, 5) is 11.7. The molecule has 90 valence electrons. The van der Waals surface area contributed by atoms with Gasteiger partial charge in [0.25, 0.3) is 0 Å². The van der Waals surface area contributed by atoms with E-state index in [2.05, 4.69) is 21.2 Å². The van der Waals surface area contributed by atoms with Crippen LogP contribution in [0.15, 0.2) is 28.8 Å². The molecule has 0 spiro atoms. The molecule has 5 heteroatoms. The first-order chi connectivity index (χ1) is 8.08. The average molecular weight is 302 g/mol. The van der Waals surface area contributed by atoms with E-state index in [1.165, 1.54) is 0 Å². The Morgan fingerprint density at radius 1 is 1.24 bits per heavy atom. The number of nitrogens with one attached hydrogen (secondary N) is 1. The highest BCUT2D eigenvalue weighted by atomic mass is 79.9. The quantitative estimate of drug-likeness (QED) is 0.656. The Labute approximate surface area is 106 Å². The van der Waals surface area contributed by atoms with Gasteiger partial charge in [-0.1, -0.05) is 12.2 Å². The van der Waals surface area contributed by atoms with Crippen molar-refractivity contribution < 1.29 is 13.6 Å². The number of rotatable bonds is 2. The molecule has 0 heterocycles. The molecule has 0 aliphatic heterocycles. The third-order valence-corrected chi connectivity index (χ3v) is 3.25. The molecule has 2 nitrogen and oxygen atoms in total. The molecular weight excluding hydrogens is 292 g/mol. The van der Waals surface area contributed by atoms with Gasteiger partial charge in [0.15, 0.2) is 0 Å². The summed E-state index contributed by atoms with van der Waals surface area (Å²) in [5.74, 6) is -1.72. The fourth-order valence-electron chi connectivity index (χ4n) is 1.68. The van der Waals surface area contributed by atoms with Gasteiger partial charge in [0.05, 0.1) is 10.2 Å². The number of carbonyl (C=O) groups is 1. The van der Waals surface area contributed by atoms with Gasteiger partial charge in [-0.3, -0.25) is 4.79 Å². The second-order valence-corrected chi connectivity index (χ2v) is 4.73. The maximum Gasteiger partial charge on any atom is 0.228 e. The fourth-order valence-corrected chi connectivity index (χ4v) is 2.00. The summed E-state index contributed by atoms with van der Waals surface area (Å²) in [6.07, 6.45) is 5.10. The lowest BCUT2D eigenvalue weighted by Gasteiger charge is -2.11. The van der Waals surface area contributed by atoms with E-state index in [0.29, 0.717) is 12.8 Å². The fraction of sp³-hybridized carbons (Fsp3) is 0.250. The molecule has 2 rings (SSSR count). The van der Waals surface area contributed by atoms with Crippen molar-refractivity contribution in [1.82, 2.24) is 0 Å². The topological polar surface area (TPSA) is 29.1 Å². The van der Waals surface area contributed by atoms with Crippen LogP contribution >= 0.6 is 15.9 Å². The number of benzene rings is 1. The Morgan fingerprint density at radius 2 is 1.88 bits per heavy atom. The van der Waals surface area contributed by atoms with Crippen molar-refractivity contribution in [1.29, 1.82) is 0 Å². The number of allylic oxidation sites excluding steroid dienone is 2. The van der Waals surface area contributed by atoms with E-state index >= 15 is 0 Å². The van der Waals surface area contributed by atoms with E-state index in [0.717, 1.165) is 12.1 Å². The largest absolute Gasteiger partial charge is 0.323 e. The highest BCUT2D eigenvalue weighted by molar-refractivity contribution is 9.10. The molecule has 0 radical (unpaired) electrons. The molecule has 1 aliphatic carbocycles. The predicted octanol–water partition coefficient (Wildman–Crippen LogP) is 3.63. The first-order valence-electron chi connectivity index (χ1n) is 5.18. The number of amides is 1. The lowest BCUT2D eigenvalue weighted by molar-refractivity contribution is -0.119. The van der Waals surface area contributed by atoms with Crippen molar-refractivity contribution in [3.63, 3.8) is 0 Å². The van der Waals surface area contributed by atoms with Gasteiger partial charge in [0, 0.05) is 12.0 Å². The van der Waals surface area contributed by atoms with E-state index < -0.39 is 11.6 Å². The van der Waals surface area contributed by atoms with Gasteiger partial charge in [0.2, 0.25) is 5.91 Å². The Morgan fingerprint density at radius 3 is 2.53 bits per heavy atom. The summed E-state index contributed by atoms with van der Waals surface area (Å²) < 4.78 is 26.7. The highest BCUT2D eigenvalue weighted by Gasteiger charge is 2.20. The molecule has 0 saturated carbocycles. The van der Waals surface area contributed by atoms with Crippen molar-refractivity contribution in [2.24, 2.45) is 5.92 Å². The SMILES string of the molecule is O=C(Nc1cc(F)c(Br)cc1F)C1CC=CC1. The number of anilines is 1. The molecule has 1 N–H and O–H groups in total. The second-order valence-electron chi connectivity index (χ2n) is 3.88. The highest BCUT2D eigenvalue weighted by Crippen LogP contribution is 2.25. The van der Waals surface area contributed by atoms with E-state index in [-0.39, 0.29) is 22.0 Å². The van der Waals surface area contributed by atoms with Crippen LogP contribution in [0, 0.1) is 17.6 Å². The molecule has 1 amide bonds. The van der Waals surface area contributed by atoms with Gasteiger partial charge in [-0.2, -0.15) is 0 Å².